The van der Waals surface area contributed by atoms with E-state index in [0.717, 1.165) is 5.56 Å². The van der Waals surface area contributed by atoms with Crippen molar-refractivity contribution in [2.45, 2.75) is 18.9 Å². The highest BCUT2D eigenvalue weighted by molar-refractivity contribution is 7.81. The first-order valence-electron chi connectivity index (χ1n) is 5.90. The average molecular weight is 290 g/mol. The standard InChI is InChI=1S/C13H10N2O2S2/c16-10-6-5-9(11(18)14-10)15-12(17)7-3-1-2-4-8(7)13(15)19/h1-4,9H,5-6H2,(H,14,16,18). The summed E-state index contributed by atoms with van der Waals surface area (Å²) in [7, 11) is 0. The molecular weight excluding hydrogens is 280 g/mol. The van der Waals surface area contributed by atoms with Gasteiger partial charge >= 0.3 is 0 Å². The summed E-state index contributed by atoms with van der Waals surface area (Å²) in [4.78, 5) is 26.1. The Morgan fingerprint density at radius 1 is 1.16 bits per heavy atom. The minimum absolute atomic E-state index is 0.101. The second-order valence-electron chi connectivity index (χ2n) is 4.49. The summed E-state index contributed by atoms with van der Waals surface area (Å²) in [5, 5.41) is 2.61. The highest BCUT2D eigenvalue weighted by Crippen LogP contribution is 2.28. The number of benzene rings is 1. The van der Waals surface area contributed by atoms with Gasteiger partial charge in [-0.25, -0.2) is 0 Å². The van der Waals surface area contributed by atoms with Crippen LogP contribution in [0.25, 0.3) is 0 Å². The van der Waals surface area contributed by atoms with Crippen LogP contribution in [0.15, 0.2) is 24.3 Å². The summed E-state index contributed by atoms with van der Waals surface area (Å²) in [6.07, 6.45) is 0.873. The molecule has 0 bridgehead atoms. The van der Waals surface area contributed by atoms with Crippen LogP contribution in [0.4, 0.5) is 0 Å². The Labute approximate surface area is 120 Å². The second-order valence-corrected chi connectivity index (χ2v) is 5.32. The zero-order valence-electron chi connectivity index (χ0n) is 9.88. The van der Waals surface area contributed by atoms with Crippen LogP contribution >= 0.6 is 24.4 Å². The van der Waals surface area contributed by atoms with E-state index in [9.17, 15) is 9.59 Å². The first-order chi connectivity index (χ1) is 9.09. The second kappa shape index (κ2) is 4.47. The molecule has 1 aromatic carbocycles. The minimum atomic E-state index is -0.319. The molecule has 1 fully saturated rings. The fourth-order valence-corrected chi connectivity index (χ4v) is 3.14. The molecule has 0 saturated carbocycles. The van der Waals surface area contributed by atoms with Crippen LogP contribution in [0.3, 0.4) is 0 Å². The Hall–Kier alpha value is -1.66. The van der Waals surface area contributed by atoms with Gasteiger partial charge in [-0.2, -0.15) is 0 Å². The number of nitrogens with zero attached hydrogens (tertiary/aromatic N) is 1. The van der Waals surface area contributed by atoms with Gasteiger partial charge in [-0.05, 0) is 12.5 Å². The van der Waals surface area contributed by atoms with Crippen molar-refractivity contribution in [1.82, 2.24) is 10.2 Å². The first kappa shape index (κ1) is 12.4. The van der Waals surface area contributed by atoms with Crippen molar-refractivity contribution >= 4 is 46.2 Å². The SMILES string of the molecule is O=C1CCC(N2C(=O)c3ccccc3C2=S)C(=S)N1. The summed E-state index contributed by atoms with van der Waals surface area (Å²) in [6, 6.07) is 6.93. The molecule has 2 aliphatic rings. The van der Waals surface area contributed by atoms with Crippen molar-refractivity contribution in [2.24, 2.45) is 0 Å². The molecule has 2 aliphatic heterocycles. The quantitative estimate of drug-likeness (QED) is 0.795. The Balaban J connectivity index is 1.96. The van der Waals surface area contributed by atoms with Gasteiger partial charge in [0, 0.05) is 12.0 Å². The molecule has 2 heterocycles. The van der Waals surface area contributed by atoms with Gasteiger partial charge in [0.25, 0.3) is 5.91 Å². The molecule has 0 aromatic heterocycles. The van der Waals surface area contributed by atoms with Crippen LogP contribution in [0, 0.1) is 0 Å². The molecule has 2 amide bonds. The van der Waals surface area contributed by atoms with Gasteiger partial charge in [0.2, 0.25) is 5.91 Å². The van der Waals surface area contributed by atoms with E-state index in [1.54, 1.807) is 6.07 Å². The predicted molar refractivity (Wildman–Crippen MR) is 78.1 cm³/mol. The maximum Gasteiger partial charge on any atom is 0.260 e. The van der Waals surface area contributed by atoms with E-state index in [1.165, 1.54) is 4.90 Å². The Kier molecular flexibility index (Phi) is 2.91. The number of thiocarbonyl (C=S) groups is 2. The zero-order chi connectivity index (χ0) is 13.6. The lowest BCUT2D eigenvalue weighted by atomic mass is 10.1. The Bertz CT molecular complexity index is 592. The zero-order valence-corrected chi connectivity index (χ0v) is 11.5. The monoisotopic (exact) mass is 290 g/mol. The van der Waals surface area contributed by atoms with Crippen molar-refractivity contribution in [3.05, 3.63) is 35.4 Å². The van der Waals surface area contributed by atoms with E-state index in [4.69, 9.17) is 24.4 Å². The molecule has 1 unspecified atom stereocenters. The third-order valence-corrected chi connectivity index (χ3v) is 4.14. The summed E-state index contributed by atoms with van der Waals surface area (Å²) in [5.74, 6) is -0.236. The molecule has 4 nitrogen and oxygen atoms in total. The lowest BCUT2D eigenvalue weighted by molar-refractivity contribution is -0.120. The normalized spacial score (nSPS) is 22.5. The van der Waals surface area contributed by atoms with Crippen LogP contribution < -0.4 is 5.32 Å². The highest BCUT2D eigenvalue weighted by Gasteiger charge is 2.40. The van der Waals surface area contributed by atoms with E-state index in [1.807, 2.05) is 18.2 Å². The lowest BCUT2D eigenvalue weighted by Gasteiger charge is -2.31. The third-order valence-electron chi connectivity index (χ3n) is 3.35. The summed E-state index contributed by atoms with van der Waals surface area (Å²) < 4.78 is 0. The largest absolute Gasteiger partial charge is 0.319 e. The number of hydrogen-bond acceptors (Lipinski definition) is 4. The minimum Gasteiger partial charge on any atom is -0.319 e. The molecule has 0 aliphatic carbocycles. The lowest BCUT2D eigenvalue weighted by Crippen LogP contribution is -2.53. The van der Waals surface area contributed by atoms with Crippen LogP contribution in [0.2, 0.25) is 0 Å². The number of piperidine rings is 1. The van der Waals surface area contributed by atoms with Crippen molar-refractivity contribution in [3.8, 4) is 0 Å². The van der Waals surface area contributed by atoms with Gasteiger partial charge in [-0.3, -0.25) is 14.5 Å². The van der Waals surface area contributed by atoms with E-state index in [0.29, 0.717) is 28.4 Å². The molecule has 19 heavy (non-hydrogen) atoms. The van der Waals surface area contributed by atoms with E-state index < -0.39 is 0 Å². The molecule has 1 N–H and O–H groups in total. The van der Waals surface area contributed by atoms with Gasteiger partial charge in [-0.1, -0.05) is 42.6 Å². The van der Waals surface area contributed by atoms with Gasteiger partial charge < -0.3 is 5.32 Å². The van der Waals surface area contributed by atoms with Crippen molar-refractivity contribution < 1.29 is 9.59 Å². The number of carbonyl (C=O) groups is 2. The molecule has 3 rings (SSSR count). The molecule has 0 spiro atoms. The van der Waals surface area contributed by atoms with Gasteiger partial charge in [0.1, 0.15) is 9.98 Å². The fraction of sp³-hybridized carbons (Fsp3) is 0.231. The first-order valence-corrected chi connectivity index (χ1v) is 6.72. The fourth-order valence-electron chi connectivity index (χ4n) is 2.42. The topological polar surface area (TPSA) is 49.4 Å². The van der Waals surface area contributed by atoms with Crippen molar-refractivity contribution in [1.29, 1.82) is 0 Å². The molecular formula is C13H10N2O2S2. The maximum atomic E-state index is 12.4. The highest BCUT2D eigenvalue weighted by atomic mass is 32.1. The number of amides is 2. The molecule has 1 atom stereocenters. The number of rotatable bonds is 1. The van der Waals surface area contributed by atoms with Gasteiger partial charge in [0.15, 0.2) is 0 Å². The Morgan fingerprint density at radius 3 is 2.47 bits per heavy atom. The molecule has 1 saturated heterocycles. The van der Waals surface area contributed by atoms with E-state index in [2.05, 4.69) is 5.32 Å². The number of hydrogen-bond donors (Lipinski definition) is 1. The van der Waals surface area contributed by atoms with Crippen LogP contribution in [-0.2, 0) is 4.79 Å². The summed E-state index contributed by atoms with van der Waals surface area (Å²) in [5.41, 5.74) is 1.37. The van der Waals surface area contributed by atoms with E-state index in [-0.39, 0.29) is 17.9 Å². The van der Waals surface area contributed by atoms with Crippen molar-refractivity contribution in [2.75, 3.05) is 0 Å². The van der Waals surface area contributed by atoms with Crippen LogP contribution in [-0.4, -0.2) is 32.7 Å². The molecule has 6 heteroatoms. The van der Waals surface area contributed by atoms with Crippen LogP contribution in [0.1, 0.15) is 28.8 Å². The van der Waals surface area contributed by atoms with Crippen molar-refractivity contribution in [3.63, 3.8) is 0 Å². The average Bonchev–Trinajstić information content (AvgIpc) is 2.64. The smallest absolute Gasteiger partial charge is 0.260 e. The maximum absolute atomic E-state index is 12.4. The third kappa shape index (κ3) is 1.87. The summed E-state index contributed by atoms with van der Waals surface area (Å²) >= 11 is 10.5. The van der Waals surface area contributed by atoms with Gasteiger partial charge in [-0.15, -0.1) is 0 Å². The van der Waals surface area contributed by atoms with Gasteiger partial charge in [0.05, 0.1) is 11.6 Å². The number of fused-ring (bicyclic) bond motifs is 1. The molecule has 96 valence electrons. The number of carbonyl (C=O) groups excluding carboxylic acids is 2. The van der Waals surface area contributed by atoms with Crippen LogP contribution in [0.5, 0.6) is 0 Å². The number of nitrogens with one attached hydrogen (secondary N) is 1. The summed E-state index contributed by atoms with van der Waals surface area (Å²) in [6.45, 7) is 0. The predicted octanol–water partition coefficient (Wildman–Crippen LogP) is 1.42. The van der Waals surface area contributed by atoms with E-state index >= 15 is 0 Å². The Morgan fingerprint density at radius 2 is 1.84 bits per heavy atom. The molecule has 0 radical (unpaired) electrons. The molecule has 1 aromatic rings.